The van der Waals surface area contributed by atoms with Crippen LogP contribution in [0.5, 0.6) is 0 Å². The lowest BCUT2D eigenvalue weighted by molar-refractivity contribution is -0.123. The fourth-order valence-corrected chi connectivity index (χ4v) is 4.81. The smallest absolute Gasteiger partial charge is 0.234 e. The minimum Gasteiger partial charge on any atom is -0.291 e. The zero-order chi connectivity index (χ0) is 21.8. The standard InChI is InChI=1S/C27H52N2O/c1-3-5-6-7-8-9-10-11-12-13-14-15-16-17-19-22-26(30)28-29-27(23-4-2)24-20-18-21-25-27/h4,29H,2-3,5-25H2,1H3,(H,28,30). The normalized spacial score (nSPS) is 15.8. The monoisotopic (exact) mass is 420 g/mol. The van der Waals surface area contributed by atoms with Crippen LogP contribution < -0.4 is 10.9 Å². The third-order valence-corrected chi connectivity index (χ3v) is 6.82. The van der Waals surface area contributed by atoms with Crippen LogP contribution in [0, 0.1) is 0 Å². The fraction of sp³-hybridized carbons (Fsp3) is 0.889. The van der Waals surface area contributed by atoms with Gasteiger partial charge in [-0.25, -0.2) is 5.43 Å². The topological polar surface area (TPSA) is 41.1 Å². The van der Waals surface area contributed by atoms with Gasteiger partial charge in [-0.15, -0.1) is 6.58 Å². The Morgan fingerprint density at radius 3 is 1.70 bits per heavy atom. The van der Waals surface area contributed by atoms with Crippen LogP contribution in [-0.4, -0.2) is 11.4 Å². The van der Waals surface area contributed by atoms with Gasteiger partial charge < -0.3 is 0 Å². The van der Waals surface area contributed by atoms with E-state index in [9.17, 15) is 4.79 Å². The number of nitrogens with one attached hydrogen (secondary N) is 2. The molecule has 1 saturated carbocycles. The van der Waals surface area contributed by atoms with Gasteiger partial charge in [0.2, 0.25) is 5.91 Å². The van der Waals surface area contributed by atoms with Gasteiger partial charge in [0.15, 0.2) is 0 Å². The molecule has 1 aliphatic rings. The second-order valence-electron chi connectivity index (χ2n) is 9.71. The molecule has 0 radical (unpaired) electrons. The molecule has 3 nitrogen and oxygen atoms in total. The van der Waals surface area contributed by atoms with Crippen molar-refractivity contribution < 1.29 is 4.79 Å². The van der Waals surface area contributed by atoms with E-state index in [1.54, 1.807) is 0 Å². The molecule has 0 atom stereocenters. The van der Waals surface area contributed by atoms with Gasteiger partial charge in [-0.3, -0.25) is 10.2 Å². The highest BCUT2D eigenvalue weighted by atomic mass is 16.2. The van der Waals surface area contributed by atoms with Crippen molar-refractivity contribution in [3.63, 3.8) is 0 Å². The molecule has 0 saturated heterocycles. The van der Waals surface area contributed by atoms with Gasteiger partial charge in [0, 0.05) is 12.0 Å². The van der Waals surface area contributed by atoms with Gasteiger partial charge in [0.25, 0.3) is 0 Å². The summed E-state index contributed by atoms with van der Waals surface area (Å²) in [4.78, 5) is 12.2. The lowest BCUT2D eigenvalue weighted by Crippen LogP contribution is -2.54. The first-order chi connectivity index (χ1) is 14.7. The minimum absolute atomic E-state index is 0.0463. The molecule has 1 amide bonds. The van der Waals surface area contributed by atoms with Crippen LogP contribution in [0.25, 0.3) is 0 Å². The molecule has 2 N–H and O–H groups in total. The Morgan fingerprint density at radius 1 is 0.767 bits per heavy atom. The first kappa shape index (κ1) is 27.2. The summed E-state index contributed by atoms with van der Waals surface area (Å²) in [7, 11) is 0. The third-order valence-electron chi connectivity index (χ3n) is 6.82. The number of carbonyl (C=O) groups excluding carboxylic acids is 1. The van der Waals surface area contributed by atoms with E-state index < -0.39 is 0 Å². The van der Waals surface area contributed by atoms with E-state index >= 15 is 0 Å². The van der Waals surface area contributed by atoms with E-state index in [-0.39, 0.29) is 11.4 Å². The van der Waals surface area contributed by atoms with Crippen LogP contribution >= 0.6 is 0 Å². The number of rotatable bonds is 20. The number of carbonyl (C=O) groups is 1. The highest BCUT2D eigenvalue weighted by Crippen LogP contribution is 2.30. The van der Waals surface area contributed by atoms with E-state index in [1.165, 1.54) is 109 Å². The summed E-state index contributed by atoms with van der Waals surface area (Å²) < 4.78 is 0. The van der Waals surface area contributed by atoms with Crippen molar-refractivity contribution in [1.82, 2.24) is 10.9 Å². The predicted molar refractivity (Wildman–Crippen MR) is 131 cm³/mol. The highest BCUT2D eigenvalue weighted by Gasteiger charge is 2.30. The highest BCUT2D eigenvalue weighted by molar-refractivity contribution is 5.75. The van der Waals surface area contributed by atoms with Crippen LogP contribution in [-0.2, 0) is 4.79 Å². The van der Waals surface area contributed by atoms with E-state index in [4.69, 9.17) is 0 Å². The molecular formula is C27H52N2O. The first-order valence-electron chi connectivity index (χ1n) is 13.4. The molecule has 3 heteroatoms. The first-order valence-corrected chi connectivity index (χ1v) is 13.4. The summed E-state index contributed by atoms with van der Waals surface area (Å²) in [5, 5.41) is 0. The lowest BCUT2D eigenvalue weighted by Gasteiger charge is -2.37. The van der Waals surface area contributed by atoms with Crippen LogP contribution in [0.15, 0.2) is 12.7 Å². The van der Waals surface area contributed by atoms with Gasteiger partial charge in [-0.2, -0.15) is 0 Å². The molecule has 0 unspecified atom stereocenters. The lowest BCUT2D eigenvalue weighted by atomic mass is 9.80. The fourth-order valence-electron chi connectivity index (χ4n) is 4.81. The molecule has 1 rings (SSSR count). The molecule has 0 aromatic carbocycles. The van der Waals surface area contributed by atoms with E-state index in [1.807, 2.05) is 6.08 Å². The Morgan fingerprint density at radius 2 is 1.23 bits per heavy atom. The summed E-state index contributed by atoms with van der Waals surface area (Å²) in [5.74, 6) is 0.152. The molecule has 1 fully saturated rings. The van der Waals surface area contributed by atoms with Crippen molar-refractivity contribution in [1.29, 1.82) is 0 Å². The molecule has 176 valence electrons. The molecule has 0 aliphatic heterocycles. The van der Waals surface area contributed by atoms with E-state index in [0.29, 0.717) is 6.42 Å². The predicted octanol–water partition coefficient (Wildman–Crippen LogP) is 8.15. The zero-order valence-corrected chi connectivity index (χ0v) is 20.2. The van der Waals surface area contributed by atoms with Gasteiger partial charge in [-0.1, -0.05) is 122 Å². The summed E-state index contributed by atoms with van der Waals surface area (Å²) in [5.41, 5.74) is 6.40. The van der Waals surface area contributed by atoms with Gasteiger partial charge >= 0.3 is 0 Å². The van der Waals surface area contributed by atoms with Crippen molar-refractivity contribution in [3.8, 4) is 0 Å². The quantitative estimate of drug-likeness (QED) is 0.118. The molecule has 0 heterocycles. The molecule has 30 heavy (non-hydrogen) atoms. The van der Waals surface area contributed by atoms with Crippen LogP contribution in [0.3, 0.4) is 0 Å². The molecular weight excluding hydrogens is 368 g/mol. The number of amides is 1. The molecule has 1 aliphatic carbocycles. The number of hydrogen-bond donors (Lipinski definition) is 2. The average molecular weight is 421 g/mol. The van der Waals surface area contributed by atoms with Gasteiger partial charge in [0.1, 0.15) is 0 Å². The van der Waals surface area contributed by atoms with Crippen molar-refractivity contribution in [3.05, 3.63) is 12.7 Å². The molecule has 0 aromatic rings. The minimum atomic E-state index is 0.0463. The third kappa shape index (κ3) is 14.2. The molecule has 0 aromatic heterocycles. The maximum Gasteiger partial charge on any atom is 0.234 e. The average Bonchev–Trinajstić information content (AvgIpc) is 2.76. The largest absolute Gasteiger partial charge is 0.291 e. The Labute approximate surface area is 188 Å². The SMILES string of the molecule is C=CCC1(NNC(=O)CCCCCCCCCCCCCCCCC)CCCCC1. The Hall–Kier alpha value is -0.830. The maximum atomic E-state index is 12.2. The molecule has 0 spiro atoms. The summed E-state index contributed by atoms with van der Waals surface area (Å²) in [6.45, 7) is 6.18. The molecule has 0 bridgehead atoms. The number of hydrazine groups is 1. The Balaban J connectivity index is 1.87. The summed E-state index contributed by atoms with van der Waals surface area (Å²) in [6.07, 6.45) is 30.0. The van der Waals surface area contributed by atoms with Crippen LogP contribution in [0.4, 0.5) is 0 Å². The van der Waals surface area contributed by atoms with Crippen LogP contribution in [0.1, 0.15) is 148 Å². The second kappa shape index (κ2) is 18.9. The van der Waals surface area contributed by atoms with Crippen LogP contribution in [0.2, 0.25) is 0 Å². The van der Waals surface area contributed by atoms with Gasteiger partial charge in [0.05, 0.1) is 0 Å². The summed E-state index contributed by atoms with van der Waals surface area (Å²) >= 11 is 0. The Bertz CT molecular complexity index is 415. The van der Waals surface area contributed by atoms with E-state index in [2.05, 4.69) is 24.4 Å². The van der Waals surface area contributed by atoms with Crippen molar-refractivity contribution in [2.24, 2.45) is 0 Å². The number of unbranched alkanes of at least 4 members (excludes halogenated alkanes) is 14. The van der Waals surface area contributed by atoms with Crippen molar-refractivity contribution in [2.45, 2.75) is 154 Å². The van der Waals surface area contributed by atoms with Crippen molar-refractivity contribution >= 4 is 5.91 Å². The zero-order valence-electron chi connectivity index (χ0n) is 20.2. The van der Waals surface area contributed by atoms with Gasteiger partial charge in [-0.05, 0) is 25.7 Å². The van der Waals surface area contributed by atoms with Crippen molar-refractivity contribution in [2.75, 3.05) is 0 Å². The number of hydrogen-bond acceptors (Lipinski definition) is 2. The second-order valence-corrected chi connectivity index (χ2v) is 9.71. The Kier molecular flexibility index (Phi) is 17.1. The summed E-state index contributed by atoms with van der Waals surface area (Å²) in [6, 6.07) is 0. The maximum absolute atomic E-state index is 12.2. The van der Waals surface area contributed by atoms with E-state index in [0.717, 1.165) is 25.7 Å².